The largest absolute Gasteiger partial charge is 0.497 e. The highest BCUT2D eigenvalue weighted by molar-refractivity contribution is 5.98. The zero-order valence-electron chi connectivity index (χ0n) is 18.4. The predicted molar refractivity (Wildman–Crippen MR) is 121 cm³/mol. The van der Waals surface area contributed by atoms with Crippen LogP contribution in [0.2, 0.25) is 0 Å². The van der Waals surface area contributed by atoms with Crippen LogP contribution in [0.25, 0.3) is 0 Å². The van der Waals surface area contributed by atoms with E-state index in [9.17, 15) is 9.18 Å². The van der Waals surface area contributed by atoms with Crippen LogP contribution in [-0.4, -0.2) is 26.2 Å². The van der Waals surface area contributed by atoms with Crippen molar-refractivity contribution in [1.29, 1.82) is 0 Å². The third-order valence-electron chi connectivity index (χ3n) is 5.48. The van der Waals surface area contributed by atoms with E-state index in [-0.39, 0.29) is 18.1 Å². The summed E-state index contributed by atoms with van der Waals surface area (Å²) in [5, 5.41) is 0. The lowest BCUT2D eigenvalue weighted by Crippen LogP contribution is -2.41. The van der Waals surface area contributed by atoms with Crippen LogP contribution in [0.15, 0.2) is 60.7 Å². The zero-order valence-corrected chi connectivity index (χ0v) is 18.4. The Kier molecular flexibility index (Phi) is 6.30. The molecule has 0 radical (unpaired) electrons. The van der Waals surface area contributed by atoms with Crippen molar-refractivity contribution in [2.24, 2.45) is 0 Å². The molecule has 0 aliphatic carbocycles. The van der Waals surface area contributed by atoms with Gasteiger partial charge >= 0.3 is 0 Å². The predicted octanol–water partition coefficient (Wildman–Crippen LogP) is 5.31. The van der Waals surface area contributed by atoms with Gasteiger partial charge in [0.1, 0.15) is 11.6 Å². The lowest BCUT2D eigenvalue weighted by atomic mass is 9.86. The summed E-state index contributed by atoms with van der Waals surface area (Å²) in [5.41, 5.74) is 3.13. The summed E-state index contributed by atoms with van der Waals surface area (Å²) in [6, 6.07) is 17.0. The molecule has 1 aliphatic heterocycles. The second kappa shape index (κ2) is 9.30. The molecule has 0 fully saturated rings. The molecule has 5 nitrogen and oxygen atoms in total. The molecule has 3 aromatic carbocycles. The van der Waals surface area contributed by atoms with Gasteiger partial charge in [-0.1, -0.05) is 12.1 Å². The number of rotatable bonds is 7. The number of fused-ring (bicyclic) bond motifs is 1. The van der Waals surface area contributed by atoms with Gasteiger partial charge in [0.05, 0.1) is 32.8 Å². The van der Waals surface area contributed by atoms with Crippen molar-refractivity contribution in [2.75, 3.05) is 25.2 Å². The van der Waals surface area contributed by atoms with Crippen molar-refractivity contribution in [1.82, 2.24) is 0 Å². The van der Waals surface area contributed by atoms with E-state index < -0.39 is 6.04 Å². The first-order valence-corrected chi connectivity index (χ1v) is 10.7. The van der Waals surface area contributed by atoms with Gasteiger partial charge in [0.25, 0.3) is 0 Å². The monoisotopic (exact) mass is 435 g/mol. The molecule has 0 bridgehead atoms. The highest BCUT2D eigenvalue weighted by atomic mass is 19.1. The SMILES string of the molecule is CCOc1cc2c(cc1OCC)C(c1cccc(F)c1)N(c1ccc(OC)cc1)C(=O)C2. The van der Waals surface area contributed by atoms with Crippen molar-refractivity contribution in [3.8, 4) is 17.2 Å². The van der Waals surface area contributed by atoms with Gasteiger partial charge < -0.3 is 19.1 Å². The number of carbonyl (C=O) groups is 1. The Bertz CT molecular complexity index is 1110. The van der Waals surface area contributed by atoms with E-state index in [1.807, 2.05) is 56.3 Å². The van der Waals surface area contributed by atoms with E-state index in [1.54, 1.807) is 18.1 Å². The second-order valence-corrected chi connectivity index (χ2v) is 7.46. The fourth-order valence-electron chi connectivity index (χ4n) is 4.13. The topological polar surface area (TPSA) is 48.0 Å². The Labute approximate surface area is 187 Å². The second-order valence-electron chi connectivity index (χ2n) is 7.46. The molecule has 166 valence electrons. The summed E-state index contributed by atoms with van der Waals surface area (Å²) in [7, 11) is 1.60. The molecule has 1 amide bonds. The van der Waals surface area contributed by atoms with Crippen LogP contribution in [0, 0.1) is 5.82 Å². The summed E-state index contributed by atoms with van der Waals surface area (Å²) < 4.78 is 31.1. The highest BCUT2D eigenvalue weighted by Gasteiger charge is 2.36. The zero-order chi connectivity index (χ0) is 22.7. The number of amides is 1. The van der Waals surface area contributed by atoms with Gasteiger partial charge in [0.2, 0.25) is 5.91 Å². The fourth-order valence-corrected chi connectivity index (χ4v) is 4.13. The summed E-state index contributed by atoms with van der Waals surface area (Å²) in [6.45, 7) is 4.77. The Morgan fingerprint density at radius 2 is 1.66 bits per heavy atom. The molecule has 0 spiro atoms. The van der Waals surface area contributed by atoms with E-state index in [0.717, 1.165) is 11.1 Å². The quantitative estimate of drug-likeness (QED) is 0.505. The molecular weight excluding hydrogens is 409 g/mol. The minimum Gasteiger partial charge on any atom is -0.497 e. The lowest BCUT2D eigenvalue weighted by Gasteiger charge is -2.38. The van der Waals surface area contributed by atoms with E-state index in [4.69, 9.17) is 14.2 Å². The Morgan fingerprint density at radius 1 is 0.969 bits per heavy atom. The van der Waals surface area contributed by atoms with Crippen molar-refractivity contribution in [2.45, 2.75) is 26.3 Å². The number of ether oxygens (including phenoxy) is 3. The van der Waals surface area contributed by atoms with Crippen LogP contribution in [0.5, 0.6) is 17.2 Å². The van der Waals surface area contributed by atoms with Gasteiger partial charge in [0, 0.05) is 5.69 Å². The number of carbonyl (C=O) groups excluding carboxylic acids is 1. The number of anilines is 1. The molecule has 4 rings (SSSR count). The number of hydrogen-bond donors (Lipinski definition) is 0. The standard InChI is InChI=1S/C26H26FNO4/c1-4-31-23-14-18-15-25(29)28(20-9-11-21(30-3)12-10-20)26(17-7-6-8-19(27)13-17)22(18)16-24(23)32-5-2/h6-14,16,26H,4-5,15H2,1-3H3. The van der Waals surface area contributed by atoms with Crippen molar-refractivity contribution in [3.63, 3.8) is 0 Å². The average Bonchev–Trinajstić information content (AvgIpc) is 2.79. The number of nitrogens with zero attached hydrogens (tertiary/aromatic N) is 1. The summed E-state index contributed by atoms with van der Waals surface area (Å²) >= 11 is 0. The van der Waals surface area contributed by atoms with Gasteiger partial charge in [-0.25, -0.2) is 4.39 Å². The van der Waals surface area contributed by atoms with Crippen LogP contribution in [-0.2, 0) is 11.2 Å². The minimum atomic E-state index is -0.509. The van der Waals surface area contributed by atoms with Crippen molar-refractivity contribution < 1.29 is 23.4 Å². The van der Waals surface area contributed by atoms with E-state index in [1.165, 1.54) is 12.1 Å². The average molecular weight is 435 g/mol. The molecule has 0 saturated carbocycles. The van der Waals surface area contributed by atoms with Crippen LogP contribution >= 0.6 is 0 Å². The molecule has 32 heavy (non-hydrogen) atoms. The molecule has 0 N–H and O–H groups in total. The van der Waals surface area contributed by atoms with Gasteiger partial charge in [0.15, 0.2) is 11.5 Å². The van der Waals surface area contributed by atoms with Crippen molar-refractivity contribution in [3.05, 3.63) is 83.2 Å². The maximum absolute atomic E-state index is 14.2. The van der Waals surface area contributed by atoms with E-state index in [0.29, 0.717) is 41.7 Å². The third-order valence-corrected chi connectivity index (χ3v) is 5.48. The van der Waals surface area contributed by atoms with Gasteiger partial charge in [-0.3, -0.25) is 4.79 Å². The molecular formula is C26H26FNO4. The van der Waals surface area contributed by atoms with Crippen LogP contribution < -0.4 is 19.1 Å². The lowest BCUT2D eigenvalue weighted by molar-refractivity contribution is -0.118. The smallest absolute Gasteiger partial charge is 0.232 e. The maximum atomic E-state index is 14.2. The Hall–Kier alpha value is -3.54. The molecule has 1 aliphatic rings. The number of methoxy groups -OCH3 is 1. The number of halogens is 1. The fraction of sp³-hybridized carbons (Fsp3) is 0.269. The van der Waals surface area contributed by atoms with Gasteiger partial charge in [-0.05, 0) is 79.1 Å². The molecule has 1 unspecified atom stereocenters. The maximum Gasteiger partial charge on any atom is 0.232 e. The normalized spacial score (nSPS) is 15.3. The Balaban J connectivity index is 1.91. The van der Waals surface area contributed by atoms with Crippen LogP contribution in [0.1, 0.15) is 36.6 Å². The van der Waals surface area contributed by atoms with E-state index >= 15 is 0 Å². The summed E-state index contributed by atoms with van der Waals surface area (Å²) in [4.78, 5) is 15.1. The number of benzene rings is 3. The third kappa shape index (κ3) is 4.13. The minimum absolute atomic E-state index is 0.0801. The van der Waals surface area contributed by atoms with Crippen LogP contribution in [0.4, 0.5) is 10.1 Å². The van der Waals surface area contributed by atoms with Gasteiger partial charge in [-0.2, -0.15) is 0 Å². The molecule has 3 aromatic rings. The van der Waals surface area contributed by atoms with Crippen molar-refractivity contribution >= 4 is 11.6 Å². The first kappa shape index (κ1) is 21.7. The molecule has 6 heteroatoms. The molecule has 0 saturated heterocycles. The molecule has 0 aromatic heterocycles. The first-order valence-electron chi connectivity index (χ1n) is 10.7. The molecule has 1 heterocycles. The summed E-state index contributed by atoms with van der Waals surface area (Å²) in [5.74, 6) is 1.48. The Morgan fingerprint density at radius 3 is 2.28 bits per heavy atom. The number of hydrogen-bond acceptors (Lipinski definition) is 4. The highest BCUT2D eigenvalue weighted by Crippen LogP contribution is 2.43. The van der Waals surface area contributed by atoms with Gasteiger partial charge in [-0.15, -0.1) is 0 Å². The summed E-state index contributed by atoms with van der Waals surface area (Å²) in [6.07, 6.45) is 0.208. The van der Waals surface area contributed by atoms with Crippen LogP contribution in [0.3, 0.4) is 0 Å². The molecule has 1 atom stereocenters. The van der Waals surface area contributed by atoms with E-state index in [2.05, 4.69) is 0 Å². The first-order chi connectivity index (χ1) is 15.5.